The van der Waals surface area contributed by atoms with Crippen LogP contribution in [0.5, 0.6) is 0 Å². The van der Waals surface area contributed by atoms with Crippen LogP contribution in [0.25, 0.3) is 0 Å². The predicted molar refractivity (Wildman–Crippen MR) is 106 cm³/mol. The van der Waals surface area contributed by atoms with Crippen LogP contribution in [0.1, 0.15) is 28.8 Å². The molecule has 0 radical (unpaired) electrons. The summed E-state index contributed by atoms with van der Waals surface area (Å²) in [5.41, 5.74) is 3.00. The molecule has 7 heteroatoms. The first-order chi connectivity index (χ1) is 13.1. The molecule has 0 spiro atoms. The Morgan fingerprint density at radius 1 is 1.15 bits per heavy atom. The van der Waals surface area contributed by atoms with Crippen molar-refractivity contribution >= 4 is 35.0 Å². The summed E-state index contributed by atoms with van der Waals surface area (Å²) in [5.74, 6) is 0.824. The molecule has 3 N–H and O–H groups in total. The first-order valence-corrected chi connectivity index (χ1v) is 10.1. The molecule has 1 unspecified atom stereocenters. The Labute approximate surface area is 161 Å². The Bertz CT molecular complexity index is 868. The van der Waals surface area contributed by atoms with Gasteiger partial charge in [-0.1, -0.05) is 12.1 Å². The number of hydrogen-bond donors (Lipinski definition) is 3. The van der Waals surface area contributed by atoms with Gasteiger partial charge in [-0.3, -0.25) is 9.59 Å². The summed E-state index contributed by atoms with van der Waals surface area (Å²) < 4.78 is 12.9. The minimum Gasteiger partial charge on any atom is -0.371 e. The average molecular weight is 385 g/mol. The van der Waals surface area contributed by atoms with Gasteiger partial charge in [0, 0.05) is 23.1 Å². The fourth-order valence-corrected chi connectivity index (χ4v) is 3.89. The molecule has 2 aromatic rings. The number of benzene rings is 2. The van der Waals surface area contributed by atoms with Crippen LogP contribution < -0.4 is 16.0 Å². The highest BCUT2D eigenvalue weighted by molar-refractivity contribution is 7.98. The Morgan fingerprint density at radius 3 is 2.67 bits per heavy atom. The largest absolute Gasteiger partial charge is 0.371 e. The first kappa shape index (κ1) is 17.9. The summed E-state index contributed by atoms with van der Waals surface area (Å²) in [6.07, 6.45) is 2.07. The van der Waals surface area contributed by atoms with Crippen LogP contribution in [0.3, 0.4) is 0 Å². The van der Waals surface area contributed by atoms with Crippen molar-refractivity contribution in [3.8, 4) is 0 Å². The topological polar surface area (TPSA) is 70.2 Å². The molecule has 0 saturated heterocycles. The van der Waals surface area contributed by atoms with Crippen LogP contribution in [0.15, 0.2) is 42.5 Å². The van der Waals surface area contributed by atoms with Gasteiger partial charge in [0.25, 0.3) is 5.91 Å². The highest BCUT2D eigenvalue weighted by Crippen LogP contribution is 2.29. The maximum absolute atomic E-state index is 12.9. The van der Waals surface area contributed by atoms with E-state index in [1.54, 1.807) is 36.0 Å². The van der Waals surface area contributed by atoms with E-state index in [1.807, 2.05) is 6.07 Å². The third-order valence-corrected chi connectivity index (χ3v) is 5.67. The lowest BCUT2D eigenvalue weighted by Gasteiger charge is -2.27. The zero-order valence-electron chi connectivity index (χ0n) is 14.6. The molecule has 0 aromatic heterocycles. The number of amides is 2. The van der Waals surface area contributed by atoms with Gasteiger partial charge in [-0.25, -0.2) is 4.39 Å². The van der Waals surface area contributed by atoms with Gasteiger partial charge >= 0.3 is 0 Å². The minimum absolute atomic E-state index is 0.105. The molecule has 0 bridgehead atoms. The molecule has 1 atom stereocenters. The van der Waals surface area contributed by atoms with Crippen molar-refractivity contribution in [3.63, 3.8) is 0 Å². The van der Waals surface area contributed by atoms with Gasteiger partial charge in [-0.15, -0.1) is 0 Å². The standard InChI is InChI=1S/C20H20FN3O2S/c21-14-4-1-12(2-5-14)10-27-11-18-20(26)24-17-9-13(3-8-16(17)23-18)19(25)22-15-6-7-15/h1-5,8-9,15,18,23H,6-7,10-11H2,(H,22,25)(H,24,26). The number of fused-ring (bicyclic) bond motifs is 1. The van der Waals surface area contributed by atoms with E-state index in [9.17, 15) is 14.0 Å². The van der Waals surface area contributed by atoms with Gasteiger partial charge in [-0.05, 0) is 48.7 Å². The lowest BCUT2D eigenvalue weighted by molar-refractivity contribution is -0.116. The molecule has 1 saturated carbocycles. The summed E-state index contributed by atoms with van der Waals surface area (Å²) >= 11 is 1.61. The number of rotatable bonds is 6. The fraction of sp³-hybridized carbons (Fsp3) is 0.300. The molecule has 1 fully saturated rings. The Kier molecular flexibility index (Phi) is 5.03. The third kappa shape index (κ3) is 4.42. The second-order valence-electron chi connectivity index (χ2n) is 6.84. The average Bonchev–Trinajstić information content (AvgIpc) is 3.47. The van der Waals surface area contributed by atoms with Crippen molar-refractivity contribution in [3.05, 3.63) is 59.4 Å². The number of nitrogens with one attached hydrogen (secondary N) is 3. The van der Waals surface area contributed by atoms with E-state index in [0.717, 1.165) is 24.1 Å². The molecule has 2 aliphatic rings. The van der Waals surface area contributed by atoms with Gasteiger partial charge in [0.15, 0.2) is 0 Å². The number of carbonyl (C=O) groups is 2. The summed E-state index contributed by atoms with van der Waals surface area (Å²) in [5, 5.41) is 9.07. The zero-order valence-corrected chi connectivity index (χ0v) is 15.4. The molecule has 1 heterocycles. The number of thioether (sulfide) groups is 1. The van der Waals surface area contributed by atoms with Crippen molar-refractivity contribution < 1.29 is 14.0 Å². The summed E-state index contributed by atoms with van der Waals surface area (Å²) in [6, 6.07) is 11.6. The first-order valence-electron chi connectivity index (χ1n) is 8.93. The van der Waals surface area contributed by atoms with E-state index < -0.39 is 0 Å². The fourth-order valence-electron chi connectivity index (χ4n) is 2.88. The zero-order chi connectivity index (χ0) is 18.8. The van der Waals surface area contributed by atoms with Crippen LogP contribution in [0, 0.1) is 5.82 Å². The molecule has 5 nitrogen and oxygen atoms in total. The molecule has 1 aliphatic heterocycles. The van der Waals surface area contributed by atoms with Crippen LogP contribution in [0.2, 0.25) is 0 Å². The van der Waals surface area contributed by atoms with Crippen molar-refractivity contribution in [1.29, 1.82) is 0 Å². The lowest BCUT2D eigenvalue weighted by atomic mass is 10.1. The molecule has 140 valence electrons. The van der Waals surface area contributed by atoms with E-state index >= 15 is 0 Å². The lowest BCUT2D eigenvalue weighted by Crippen LogP contribution is -2.40. The van der Waals surface area contributed by atoms with Crippen LogP contribution in [-0.2, 0) is 10.5 Å². The predicted octanol–water partition coefficient (Wildman–Crippen LogP) is 3.38. The maximum atomic E-state index is 12.9. The van der Waals surface area contributed by atoms with E-state index in [0.29, 0.717) is 28.8 Å². The molecule has 2 aromatic carbocycles. The second-order valence-corrected chi connectivity index (χ2v) is 7.87. The smallest absolute Gasteiger partial charge is 0.251 e. The van der Waals surface area contributed by atoms with Crippen molar-refractivity contribution in [2.45, 2.75) is 30.7 Å². The monoisotopic (exact) mass is 385 g/mol. The van der Waals surface area contributed by atoms with E-state index in [1.165, 1.54) is 12.1 Å². The Hall–Kier alpha value is -2.54. The number of hydrogen-bond acceptors (Lipinski definition) is 4. The summed E-state index contributed by atoms with van der Waals surface area (Å²) in [4.78, 5) is 24.5. The normalized spacial score (nSPS) is 18.3. The third-order valence-electron chi connectivity index (χ3n) is 4.56. The van der Waals surface area contributed by atoms with E-state index in [4.69, 9.17) is 0 Å². The summed E-state index contributed by atoms with van der Waals surface area (Å²) in [6.45, 7) is 0. The van der Waals surface area contributed by atoms with Gasteiger partial charge < -0.3 is 16.0 Å². The van der Waals surface area contributed by atoms with Gasteiger partial charge in [0.05, 0.1) is 11.4 Å². The van der Waals surface area contributed by atoms with Gasteiger partial charge in [0.2, 0.25) is 5.91 Å². The van der Waals surface area contributed by atoms with Gasteiger partial charge in [0.1, 0.15) is 11.9 Å². The summed E-state index contributed by atoms with van der Waals surface area (Å²) in [7, 11) is 0. The molecule has 2 amide bonds. The Morgan fingerprint density at radius 2 is 1.93 bits per heavy atom. The number of anilines is 2. The molecule has 27 heavy (non-hydrogen) atoms. The van der Waals surface area contributed by atoms with E-state index in [2.05, 4.69) is 16.0 Å². The number of carbonyl (C=O) groups excluding carboxylic acids is 2. The number of halogens is 1. The van der Waals surface area contributed by atoms with Crippen molar-refractivity contribution in [2.24, 2.45) is 0 Å². The molecule has 1 aliphatic carbocycles. The second kappa shape index (κ2) is 7.60. The van der Waals surface area contributed by atoms with Gasteiger partial charge in [-0.2, -0.15) is 11.8 Å². The SMILES string of the molecule is O=C(NC1CC1)c1ccc2c(c1)NC(=O)C(CSCc1ccc(F)cc1)N2. The van der Waals surface area contributed by atoms with Crippen molar-refractivity contribution in [1.82, 2.24) is 5.32 Å². The minimum atomic E-state index is -0.353. The Balaban J connectivity index is 1.35. The van der Waals surface area contributed by atoms with Crippen molar-refractivity contribution in [2.75, 3.05) is 16.4 Å². The molecular formula is C20H20FN3O2S. The molecular weight excluding hydrogens is 365 g/mol. The van der Waals surface area contributed by atoms with Crippen LogP contribution in [-0.4, -0.2) is 29.7 Å². The quantitative estimate of drug-likeness (QED) is 0.713. The van der Waals surface area contributed by atoms with Crippen LogP contribution in [0.4, 0.5) is 15.8 Å². The highest BCUT2D eigenvalue weighted by Gasteiger charge is 2.27. The van der Waals surface area contributed by atoms with Crippen LogP contribution >= 0.6 is 11.8 Å². The maximum Gasteiger partial charge on any atom is 0.251 e. The highest BCUT2D eigenvalue weighted by atomic mass is 32.2. The van der Waals surface area contributed by atoms with E-state index in [-0.39, 0.29) is 23.7 Å². The molecule has 4 rings (SSSR count).